The lowest BCUT2D eigenvalue weighted by Gasteiger charge is -2.50. The highest BCUT2D eigenvalue weighted by Crippen LogP contribution is 2.51. The minimum atomic E-state index is -3.90. The van der Waals surface area contributed by atoms with Gasteiger partial charge in [0.2, 0.25) is 15.9 Å². The van der Waals surface area contributed by atoms with E-state index in [-0.39, 0.29) is 31.3 Å². The maximum Gasteiger partial charge on any atom is 0.409 e. The Bertz CT molecular complexity index is 1980. The van der Waals surface area contributed by atoms with Gasteiger partial charge in [0.1, 0.15) is 40.6 Å². The van der Waals surface area contributed by atoms with Crippen LogP contribution >= 0.6 is 0 Å². The second kappa shape index (κ2) is 15.9. The second-order valence-electron chi connectivity index (χ2n) is 19.1. The number of alkyl carbamates (subject to hydrolysis) is 1. The van der Waals surface area contributed by atoms with Gasteiger partial charge in [0.05, 0.1) is 24.4 Å². The van der Waals surface area contributed by atoms with Crippen LogP contribution in [0.15, 0.2) is 36.1 Å². The monoisotopic (exact) mass is 840 g/mol. The quantitative estimate of drug-likeness (QED) is 0.223. The Labute approximate surface area is 349 Å². The first-order valence-electron chi connectivity index (χ1n) is 21.2. The lowest BCUT2D eigenvalue weighted by Crippen LogP contribution is -2.75. The molecule has 3 aliphatic carbocycles. The molecule has 3 aliphatic heterocycles. The minimum absolute atomic E-state index is 0.136. The molecule has 5 fully saturated rings. The fourth-order valence-corrected chi connectivity index (χ4v) is 10.7. The Balaban J connectivity index is 1.25. The molecule has 326 valence electrons. The first-order chi connectivity index (χ1) is 27.7. The van der Waals surface area contributed by atoms with Gasteiger partial charge in [0, 0.05) is 48.6 Å². The maximum atomic E-state index is 14.8. The zero-order chi connectivity index (χ0) is 42.7. The average Bonchev–Trinajstić information content (AvgIpc) is 4.10. The summed E-state index contributed by atoms with van der Waals surface area (Å²) in [4.78, 5) is 44.3. The summed E-state index contributed by atoms with van der Waals surface area (Å²) in [7, 11) is -0.798. The van der Waals surface area contributed by atoms with Crippen LogP contribution in [0.25, 0.3) is 6.08 Å². The second-order valence-corrected chi connectivity index (χ2v) is 21.0. The smallest absolute Gasteiger partial charge is 0.409 e. The molecule has 7 rings (SSSR count). The number of nitrogens with one attached hydrogen (secondary N) is 4. The molecule has 2 bridgehead atoms. The van der Waals surface area contributed by atoms with E-state index >= 15 is 0 Å². The van der Waals surface area contributed by atoms with E-state index in [2.05, 4.69) is 27.3 Å². The summed E-state index contributed by atoms with van der Waals surface area (Å²) in [5.41, 5.74) is 5.24. The predicted octanol–water partition coefficient (Wildman–Crippen LogP) is 4.88. The Morgan fingerprint density at radius 2 is 1.78 bits per heavy atom. The number of carbonyl (C=O) groups excluding carboxylic acids is 3. The highest BCUT2D eigenvalue weighted by Gasteiger charge is 2.64. The standard InChI is InChI=1S/C43H64N6O9S/c1-25(2)31-23-42(31,37(51)48-59(53,54)30-16-17-30)46-36(50)34-21-29-24-49(34)38(56-8)43(44,40(3,4)5)47-39(52)58-41(6)22-27(41)13-11-9-10-12-14-33-35(57-29)20-26-19-28(55-7)15-18-32(26)45-33/h15,18-20,27,29-31,33-34,38,45H,1,9-14,16-17,21-24,44H2,2-8H3,(H,46,50)(H,47,52)(H,48,51). The number of ether oxygens (including phenoxy) is 4. The van der Waals surface area contributed by atoms with Crippen LogP contribution in [0.2, 0.25) is 0 Å². The fraction of sp³-hybridized carbons (Fsp3) is 0.698. The summed E-state index contributed by atoms with van der Waals surface area (Å²) in [5.74, 6) is -0.116. The van der Waals surface area contributed by atoms with Gasteiger partial charge >= 0.3 is 6.09 Å². The summed E-state index contributed by atoms with van der Waals surface area (Å²) in [6, 6.07) is 4.76. The number of nitrogens with two attached hydrogens (primary N) is 1. The molecule has 59 heavy (non-hydrogen) atoms. The molecule has 0 aromatic heterocycles. The molecule has 10 atom stereocenters. The van der Waals surface area contributed by atoms with Crippen LogP contribution in [0.5, 0.6) is 5.75 Å². The lowest BCUT2D eigenvalue weighted by atomic mass is 9.79. The topological polar surface area (TPSA) is 200 Å². The van der Waals surface area contributed by atoms with Gasteiger partial charge in [0.25, 0.3) is 5.91 Å². The number of amides is 3. The normalized spacial score (nSPS) is 36.0. The molecule has 3 heterocycles. The van der Waals surface area contributed by atoms with Gasteiger partial charge in [-0.15, -0.1) is 0 Å². The highest BCUT2D eigenvalue weighted by molar-refractivity contribution is 7.91. The van der Waals surface area contributed by atoms with E-state index in [9.17, 15) is 22.8 Å². The third-order valence-electron chi connectivity index (χ3n) is 13.6. The number of nitrogens with zero attached hydrogens (tertiary/aromatic N) is 1. The van der Waals surface area contributed by atoms with Gasteiger partial charge in [-0.1, -0.05) is 58.6 Å². The van der Waals surface area contributed by atoms with Gasteiger partial charge in [0.15, 0.2) is 0 Å². The minimum Gasteiger partial charge on any atom is -0.497 e. The first kappa shape index (κ1) is 43.2. The molecular formula is C43H64N6O9S. The van der Waals surface area contributed by atoms with Gasteiger partial charge in [-0.25, -0.2) is 13.2 Å². The molecule has 0 radical (unpaired) electrons. The van der Waals surface area contributed by atoms with Crippen molar-refractivity contribution in [2.45, 2.75) is 152 Å². The maximum absolute atomic E-state index is 14.8. The van der Waals surface area contributed by atoms with E-state index in [0.717, 1.165) is 62.0 Å². The van der Waals surface area contributed by atoms with Crippen LogP contribution in [0, 0.1) is 17.3 Å². The molecular weight excluding hydrogens is 777 g/mol. The van der Waals surface area contributed by atoms with Crippen molar-refractivity contribution >= 4 is 39.7 Å². The third-order valence-corrected chi connectivity index (χ3v) is 15.4. The average molecular weight is 841 g/mol. The van der Waals surface area contributed by atoms with Gasteiger partial charge < -0.3 is 35.3 Å². The molecule has 10 unspecified atom stereocenters. The van der Waals surface area contributed by atoms with Crippen LogP contribution in [-0.2, 0) is 33.8 Å². The van der Waals surface area contributed by atoms with E-state index in [1.54, 1.807) is 18.9 Å². The summed E-state index contributed by atoms with van der Waals surface area (Å²) >= 11 is 0. The molecule has 6 aliphatic rings. The molecule has 3 saturated carbocycles. The number of carbonyl (C=O) groups is 3. The Morgan fingerprint density at radius 1 is 1.07 bits per heavy atom. The molecule has 1 aromatic rings. The Kier molecular flexibility index (Phi) is 11.6. The number of methoxy groups -OCH3 is 2. The number of benzene rings is 1. The van der Waals surface area contributed by atoms with E-state index in [1.165, 1.54) is 7.11 Å². The van der Waals surface area contributed by atoms with Crippen molar-refractivity contribution in [3.63, 3.8) is 0 Å². The number of rotatable bonds is 8. The molecule has 2 saturated heterocycles. The Morgan fingerprint density at radius 3 is 2.41 bits per heavy atom. The van der Waals surface area contributed by atoms with Gasteiger partial charge in [-0.3, -0.25) is 24.5 Å². The van der Waals surface area contributed by atoms with Gasteiger partial charge in [-0.2, -0.15) is 0 Å². The SMILES string of the molecule is C=C(C)C1CC1(NC(=O)C1CC2CN1C(OC)C(N)(C(C)(C)C)NC(=O)OC1(C)CC1CCCCCCC1Nc3ccc(OC)cc3C=C1O2)C(=O)NS(=O)(=O)C1CC1. The summed E-state index contributed by atoms with van der Waals surface area (Å²) in [6.45, 7) is 13.6. The fourth-order valence-electron chi connectivity index (χ4n) is 9.33. The van der Waals surface area contributed by atoms with Crippen molar-refractivity contribution in [3.8, 4) is 5.75 Å². The van der Waals surface area contributed by atoms with Crippen molar-refractivity contribution < 1.29 is 41.7 Å². The molecule has 0 spiro atoms. The zero-order valence-electron chi connectivity index (χ0n) is 35.7. The predicted molar refractivity (Wildman–Crippen MR) is 223 cm³/mol. The van der Waals surface area contributed by atoms with E-state index in [4.69, 9.17) is 24.7 Å². The van der Waals surface area contributed by atoms with E-state index in [0.29, 0.717) is 24.2 Å². The number of hydrogen-bond acceptors (Lipinski definition) is 12. The summed E-state index contributed by atoms with van der Waals surface area (Å²) < 4.78 is 52.9. The van der Waals surface area contributed by atoms with Gasteiger partial charge in [-0.05, 0) is 76.6 Å². The summed E-state index contributed by atoms with van der Waals surface area (Å²) in [6.07, 6.45) is 7.63. The number of fused-ring (bicyclic) bond motifs is 5. The number of anilines is 1. The van der Waals surface area contributed by atoms with E-state index in [1.807, 2.05) is 52.0 Å². The Hall–Kier alpha value is -3.86. The van der Waals surface area contributed by atoms with Crippen molar-refractivity contribution in [1.82, 2.24) is 20.3 Å². The van der Waals surface area contributed by atoms with Crippen molar-refractivity contribution in [2.24, 2.45) is 23.0 Å². The zero-order valence-corrected chi connectivity index (χ0v) is 36.5. The third kappa shape index (κ3) is 8.69. The van der Waals surface area contributed by atoms with Crippen molar-refractivity contribution in [1.29, 1.82) is 0 Å². The largest absolute Gasteiger partial charge is 0.497 e. The van der Waals surface area contributed by atoms with Crippen molar-refractivity contribution in [2.75, 3.05) is 26.1 Å². The molecule has 15 nitrogen and oxygen atoms in total. The van der Waals surface area contributed by atoms with E-state index < -0.39 is 79.7 Å². The number of hydrogen-bond donors (Lipinski definition) is 5. The lowest BCUT2D eigenvalue weighted by molar-refractivity contribution is -0.149. The molecule has 1 aromatic carbocycles. The highest BCUT2D eigenvalue weighted by atomic mass is 32.2. The van der Waals surface area contributed by atoms with Crippen LogP contribution in [0.3, 0.4) is 0 Å². The van der Waals surface area contributed by atoms with Crippen LogP contribution in [-0.4, -0.2) is 98.5 Å². The number of sulfonamides is 1. The molecule has 6 N–H and O–H groups in total. The molecule has 3 amide bonds. The summed E-state index contributed by atoms with van der Waals surface area (Å²) in [5, 5.41) is 9.03. The van der Waals surface area contributed by atoms with Crippen LogP contribution in [0.1, 0.15) is 111 Å². The molecule has 16 heteroatoms. The first-order valence-corrected chi connectivity index (χ1v) is 22.7. The van der Waals surface area contributed by atoms with Crippen LogP contribution in [0.4, 0.5) is 10.5 Å². The van der Waals surface area contributed by atoms with Crippen molar-refractivity contribution in [3.05, 3.63) is 41.7 Å². The van der Waals surface area contributed by atoms with Crippen LogP contribution < -0.4 is 31.1 Å².